The van der Waals surface area contributed by atoms with Crippen LogP contribution >= 0.6 is 0 Å². The Morgan fingerprint density at radius 1 is 1.18 bits per heavy atom. The molecular formula is C20H30O2. The summed E-state index contributed by atoms with van der Waals surface area (Å²) in [6.45, 7) is 11.3. The van der Waals surface area contributed by atoms with E-state index in [2.05, 4.69) is 27.4 Å². The van der Waals surface area contributed by atoms with Crippen LogP contribution in [-0.4, -0.2) is 17.0 Å². The third kappa shape index (κ3) is 1.58. The second-order valence-corrected chi connectivity index (χ2v) is 9.63. The van der Waals surface area contributed by atoms with Crippen LogP contribution in [0.15, 0.2) is 12.2 Å². The van der Waals surface area contributed by atoms with Crippen LogP contribution in [0.5, 0.6) is 0 Å². The lowest BCUT2D eigenvalue weighted by molar-refractivity contribution is -0.187. The van der Waals surface area contributed by atoms with E-state index in [1.807, 2.05) is 0 Å². The number of carbonyl (C=O) groups excluding carboxylic acids is 1. The predicted molar refractivity (Wildman–Crippen MR) is 87.3 cm³/mol. The molecule has 4 rings (SSSR count). The standard InChI is InChI=1S/C20H30O2/c1-12-13-10-14(21)16-19(4)8-5-7-18(2,3)15(19)6-9-20(16,11-13)17(12)22/h13-16,21H,1,5-11H2,2-4H3/t13-,14-,15-,16+,19-,20-/m1/s1. The molecule has 22 heavy (non-hydrogen) atoms. The van der Waals surface area contributed by atoms with Crippen LogP contribution in [0.4, 0.5) is 0 Å². The first-order chi connectivity index (χ1) is 10.2. The van der Waals surface area contributed by atoms with Crippen molar-refractivity contribution < 1.29 is 9.90 Å². The first kappa shape index (κ1) is 14.9. The molecule has 1 spiro atoms. The van der Waals surface area contributed by atoms with Crippen LogP contribution in [0.2, 0.25) is 0 Å². The highest BCUT2D eigenvalue weighted by Crippen LogP contribution is 2.70. The highest BCUT2D eigenvalue weighted by Gasteiger charge is 2.68. The van der Waals surface area contributed by atoms with E-state index < -0.39 is 0 Å². The van der Waals surface area contributed by atoms with Crippen molar-refractivity contribution in [1.29, 1.82) is 0 Å². The zero-order chi connectivity index (χ0) is 15.9. The molecule has 0 aromatic rings. The van der Waals surface area contributed by atoms with Crippen molar-refractivity contribution in [3.63, 3.8) is 0 Å². The quantitative estimate of drug-likeness (QED) is 0.683. The molecule has 0 saturated heterocycles. The van der Waals surface area contributed by atoms with Gasteiger partial charge in [-0.25, -0.2) is 0 Å². The largest absolute Gasteiger partial charge is 0.393 e. The van der Waals surface area contributed by atoms with Gasteiger partial charge >= 0.3 is 0 Å². The number of aliphatic hydroxyl groups is 1. The molecule has 0 aliphatic heterocycles. The molecule has 2 heteroatoms. The summed E-state index contributed by atoms with van der Waals surface area (Å²) in [4.78, 5) is 13.1. The SMILES string of the molecule is C=C1C(=O)[C@@]23CC[C@@H]4C(C)(C)CCC[C@@]4(C)[C@@H]2[C@H](O)C[C@@H]1C3. The minimum atomic E-state index is -0.316. The number of fused-ring (bicyclic) bond motifs is 3. The van der Waals surface area contributed by atoms with Crippen molar-refractivity contribution in [2.24, 2.45) is 34.0 Å². The minimum absolute atomic E-state index is 0.116. The Hall–Kier alpha value is -0.630. The molecule has 0 heterocycles. The van der Waals surface area contributed by atoms with Crippen LogP contribution < -0.4 is 0 Å². The van der Waals surface area contributed by atoms with Crippen molar-refractivity contribution in [3.8, 4) is 0 Å². The smallest absolute Gasteiger partial charge is 0.165 e. The normalized spacial score (nSPS) is 53.1. The molecule has 0 amide bonds. The zero-order valence-corrected chi connectivity index (χ0v) is 14.3. The van der Waals surface area contributed by atoms with Crippen molar-refractivity contribution in [1.82, 2.24) is 0 Å². The topological polar surface area (TPSA) is 37.3 Å². The van der Waals surface area contributed by atoms with Gasteiger partial charge in [0.15, 0.2) is 5.78 Å². The van der Waals surface area contributed by atoms with E-state index in [0.29, 0.717) is 17.1 Å². The van der Waals surface area contributed by atoms with Crippen LogP contribution in [0.3, 0.4) is 0 Å². The Labute approximate surface area is 134 Å². The lowest BCUT2D eigenvalue weighted by atomic mass is 9.40. The molecule has 0 unspecified atom stereocenters. The number of carbonyl (C=O) groups is 1. The Morgan fingerprint density at radius 2 is 1.91 bits per heavy atom. The van der Waals surface area contributed by atoms with Gasteiger partial charge in [-0.05, 0) is 66.8 Å². The van der Waals surface area contributed by atoms with Gasteiger partial charge in [0.25, 0.3) is 0 Å². The molecule has 122 valence electrons. The Bertz CT molecular complexity index is 548. The first-order valence-electron chi connectivity index (χ1n) is 9.14. The second-order valence-electron chi connectivity index (χ2n) is 9.63. The summed E-state index contributed by atoms with van der Waals surface area (Å²) in [5.41, 5.74) is 0.991. The van der Waals surface area contributed by atoms with E-state index in [0.717, 1.165) is 31.3 Å². The number of ketones is 1. The van der Waals surface area contributed by atoms with Crippen LogP contribution in [0, 0.1) is 34.0 Å². The Kier molecular flexibility index (Phi) is 2.89. The molecule has 6 atom stereocenters. The van der Waals surface area contributed by atoms with Gasteiger partial charge in [0.05, 0.1) is 6.10 Å². The number of hydrogen-bond donors (Lipinski definition) is 1. The average molecular weight is 302 g/mol. The highest BCUT2D eigenvalue weighted by atomic mass is 16.3. The van der Waals surface area contributed by atoms with Gasteiger partial charge in [-0.2, -0.15) is 0 Å². The van der Waals surface area contributed by atoms with Crippen LogP contribution in [-0.2, 0) is 4.79 Å². The summed E-state index contributed by atoms with van der Waals surface area (Å²) in [6, 6.07) is 0. The Balaban J connectivity index is 1.83. The monoisotopic (exact) mass is 302 g/mol. The number of rotatable bonds is 0. The van der Waals surface area contributed by atoms with Gasteiger partial charge in [0.2, 0.25) is 0 Å². The number of hydrogen-bond acceptors (Lipinski definition) is 2. The summed E-state index contributed by atoms with van der Waals surface area (Å²) in [6.07, 6.45) is 7.24. The molecule has 4 saturated carbocycles. The molecule has 2 nitrogen and oxygen atoms in total. The van der Waals surface area contributed by atoms with Crippen LogP contribution in [0.25, 0.3) is 0 Å². The van der Waals surface area contributed by atoms with E-state index in [9.17, 15) is 9.90 Å². The number of Topliss-reactive ketones (excluding diaryl/α,β-unsaturated/α-hetero) is 1. The fourth-order valence-electron chi connectivity index (χ4n) is 7.55. The second kappa shape index (κ2) is 4.26. The average Bonchev–Trinajstić information content (AvgIpc) is 2.59. The highest BCUT2D eigenvalue weighted by molar-refractivity contribution is 6.03. The van der Waals surface area contributed by atoms with Crippen molar-refractivity contribution in [3.05, 3.63) is 12.2 Å². The van der Waals surface area contributed by atoms with E-state index in [-0.39, 0.29) is 28.8 Å². The minimum Gasteiger partial charge on any atom is -0.393 e. The molecule has 1 N–H and O–H groups in total. The van der Waals surface area contributed by atoms with Gasteiger partial charge < -0.3 is 5.11 Å². The Morgan fingerprint density at radius 3 is 2.64 bits per heavy atom. The molecular weight excluding hydrogens is 272 g/mol. The maximum Gasteiger partial charge on any atom is 0.165 e. The van der Waals surface area contributed by atoms with Crippen molar-refractivity contribution >= 4 is 5.78 Å². The van der Waals surface area contributed by atoms with E-state index in [4.69, 9.17) is 0 Å². The molecule has 0 radical (unpaired) electrons. The zero-order valence-electron chi connectivity index (χ0n) is 14.3. The fraction of sp³-hybridized carbons (Fsp3) is 0.850. The fourth-order valence-corrected chi connectivity index (χ4v) is 7.55. The maximum atomic E-state index is 13.1. The van der Waals surface area contributed by atoms with Gasteiger partial charge in [-0.15, -0.1) is 0 Å². The lowest BCUT2D eigenvalue weighted by Crippen LogP contribution is -2.61. The summed E-state index contributed by atoms with van der Waals surface area (Å²) in [5.74, 6) is 1.34. The molecule has 2 bridgehead atoms. The lowest BCUT2D eigenvalue weighted by Gasteiger charge is -2.64. The van der Waals surface area contributed by atoms with E-state index in [1.54, 1.807) is 0 Å². The summed E-state index contributed by atoms with van der Waals surface area (Å²) >= 11 is 0. The molecule has 4 aliphatic carbocycles. The third-order valence-electron chi connectivity index (χ3n) is 8.22. The predicted octanol–water partition coefficient (Wildman–Crippen LogP) is 4.13. The van der Waals surface area contributed by atoms with E-state index in [1.165, 1.54) is 19.3 Å². The maximum absolute atomic E-state index is 13.1. The summed E-state index contributed by atoms with van der Waals surface area (Å²) in [5, 5.41) is 11.0. The van der Waals surface area contributed by atoms with Gasteiger partial charge in [0.1, 0.15) is 0 Å². The summed E-state index contributed by atoms with van der Waals surface area (Å²) < 4.78 is 0. The van der Waals surface area contributed by atoms with Gasteiger partial charge in [-0.3, -0.25) is 4.79 Å². The van der Waals surface area contributed by atoms with Crippen molar-refractivity contribution in [2.45, 2.75) is 71.8 Å². The first-order valence-corrected chi connectivity index (χ1v) is 9.14. The molecule has 4 fully saturated rings. The van der Waals surface area contributed by atoms with Crippen LogP contribution in [0.1, 0.15) is 65.7 Å². The molecule has 0 aromatic carbocycles. The number of aliphatic hydroxyl groups excluding tert-OH is 1. The number of allylic oxidation sites excluding steroid dienone is 1. The molecule has 4 aliphatic rings. The third-order valence-corrected chi connectivity index (χ3v) is 8.22. The van der Waals surface area contributed by atoms with Gasteiger partial charge in [-0.1, -0.05) is 33.8 Å². The van der Waals surface area contributed by atoms with E-state index >= 15 is 0 Å². The van der Waals surface area contributed by atoms with Crippen molar-refractivity contribution in [2.75, 3.05) is 0 Å². The molecule has 0 aromatic heterocycles. The summed E-state index contributed by atoms with van der Waals surface area (Å²) in [7, 11) is 0. The van der Waals surface area contributed by atoms with Gasteiger partial charge in [0, 0.05) is 11.3 Å².